The van der Waals surface area contributed by atoms with Crippen molar-refractivity contribution in [1.29, 1.82) is 0 Å². The molecule has 9 heteroatoms. The van der Waals surface area contributed by atoms with Gasteiger partial charge in [-0.15, -0.1) is 11.3 Å². The molecule has 146 valence electrons. The summed E-state index contributed by atoms with van der Waals surface area (Å²) in [6.45, 7) is 0.243. The van der Waals surface area contributed by atoms with Gasteiger partial charge in [0.15, 0.2) is 11.5 Å². The highest BCUT2D eigenvalue weighted by molar-refractivity contribution is 7.13. The molecular weight excluding hydrogens is 399 g/mol. The molecule has 0 spiro atoms. The van der Waals surface area contributed by atoms with Crippen LogP contribution in [0.1, 0.15) is 11.4 Å². The van der Waals surface area contributed by atoms with E-state index in [1.165, 1.54) is 23.7 Å². The summed E-state index contributed by atoms with van der Waals surface area (Å²) in [5.41, 5.74) is 1.15. The molecule has 0 bridgehead atoms. The maximum Gasteiger partial charge on any atom is 0.433 e. The summed E-state index contributed by atoms with van der Waals surface area (Å²) in [4.78, 5) is 16.3. The molecule has 0 radical (unpaired) electrons. The summed E-state index contributed by atoms with van der Waals surface area (Å²) in [5, 5.41) is 5.64. The van der Waals surface area contributed by atoms with E-state index in [2.05, 4.69) is 25.3 Å². The van der Waals surface area contributed by atoms with Crippen LogP contribution in [0.4, 0.5) is 19.0 Å². The first kappa shape index (κ1) is 19.0. The SMILES string of the molecule is FC(F)(F)c1cc(NCc2csc(-c3ccccc3)n2)nc(-c2ccncc2)n1. The largest absolute Gasteiger partial charge is 0.433 e. The van der Waals surface area contributed by atoms with Gasteiger partial charge in [0.2, 0.25) is 0 Å². The predicted octanol–water partition coefficient (Wildman–Crippen LogP) is 5.29. The van der Waals surface area contributed by atoms with Crippen LogP contribution in [0.25, 0.3) is 22.0 Å². The molecule has 0 saturated carbocycles. The Morgan fingerprint density at radius 2 is 1.66 bits per heavy atom. The molecule has 1 aromatic carbocycles. The molecule has 1 N–H and O–H groups in total. The van der Waals surface area contributed by atoms with Gasteiger partial charge in [-0.05, 0) is 12.1 Å². The van der Waals surface area contributed by atoms with E-state index in [0.29, 0.717) is 11.3 Å². The van der Waals surface area contributed by atoms with Crippen molar-refractivity contribution in [3.63, 3.8) is 0 Å². The van der Waals surface area contributed by atoms with Gasteiger partial charge in [0.25, 0.3) is 0 Å². The van der Waals surface area contributed by atoms with Gasteiger partial charge in [-0.1, -0.05) is 30.3 Å². The van der Waals surface area contributed by atoms with Gasteiger partial charge in [-0.2, -0.15) is 13.2 Å². The number of halogens is 3. The number of hydrogen-bond acceptors (Lipinski definition) is 6. The van der Waals surface area contributed by atoms with Crippen LogP contribution in [0.3, 0.4) is 0 Å². The number of rotatable bonds is 5. The lowest BCUT2D eigenvalue weighted by Crippen LogP contribution is -2.12. The Hall–Kier alpha value is -3.33. The van der Waals surface area contributed by atoms with Crippen molar-refractivity contribution >= 4 is 17.2 Å². The minimum Gasteiger partial charge on any atom is -0.364 e. The fraction of sp³-hybridized carbons (Fsp3) is 0.100. The van der Waals surface area contributed by atoms with E-state index in [1.54, 1.807) is 12.1 Å². The molecule has 5 nitrogen and oxygen atoms in total. The summed E-state index contributed by atoms with van der Waals surface area (Å²) in [5.74, 6) is 0.0568. The van der Waals surface area contributed by atoms with Crippen molar-refractivity contribution in [2.75, 3.05) is 5.32 Å². The molecule has 0 aliphatic rings. The summed E-state index contributed by atoms with van der Waals surface area (Å²) in [7, 11) is 0. The first-order valence-corrected chi connectivity index (χ1v) is 9.47. The second kappa shape index (κ2) is 7.96. The summed E-state index contributed by atoms with van der Waals surface area (Å²) in [6.07, 6.45) is -1.62. The molecule has 0 saturated heterocycles. The Bertz CT molecular complexity index is 1100. The number of anilines is 1. The van der Waals surface area contributed by atoms with E-state index in [4.69, 9.17) is 0 Å². The second-order valence-electron chi connectivity index (χ2n) is 6.06. The number of benzene rings is 1. The fourth-order valence-corrected chi connectivity index (χ4v) is 3.42. The zero-order valence-electron chi connectivity index (χ0n) is 14.9. The number of nitrogens with zero attached hydrogens (tertiary/aromatic N) is 4. The van der Waals surface area contributed by atoms with E-state index < -0.39 is 11.9 Å². The Labute approximate surface area is 168 Å². The Kier molecular flexibility index (Phi) is 5.22. The molecule has 0 atom stereocenters. The number of nitrogens with one attached hydrogen (secondary N) is 1. The third-order valence-corrected chi connectivity index (χ3v) is 4.92. The van der Waals surface area contributed by atoms with Gasteiger partial charge >= 0.3 is 6.18 Å². The number of aromatic nitrogens is 4. The van der Waals surface area contributed by atoms with E-state index in [-0.39, 0.29) is 18.2 Å². The molecule has 0 amide bonds. The molecule has 0 fully saturated rings. The summed E-state index contributed by atoms with van der Waals surface area (Å²) >= 11 is 1.47. The summed E-state index contributed by atoms with van der Waals surface area (Å²) in [6, 6.07) is 13.7. The van der Waals surface area contributed by atoms with Crippen LogP contribution < -0.4 is 5.32 Å². The molecule has 4 rings (SSSR count). The van der Waals surface area contributed by atoms with Crippen molar-refractivity contribution in [2.24, 2.45) is 0 Å². The van der Waals surface area contributed by atoms with Crippen LogP contribution in [0.5, 0.6) is 0 Å². The molecule has 3 aromatic heterocycles. The zero-order valence-corrected chi connectivity index (χ0v) is 15.7. The third kappa shape index (κ3) is 4.57. The molecule has 0 aliphatic carbocycles. The smallest absolute Gasteiger partial charge is 0.364 e. The first-order chi connectivity index (χ1) is 14.0. The van der Waals surface area contributed by atoms with Crippen molar-refractivity contribution in [1.82, 2.24) is 19.9 Å². The molecule has 0 aliphatic heterocycles. The second-order valence-corrected chi connectivity index (χ2v) is 6.92. The highest BCUT2D eigenvalue weighted by Crippen LogP contribution is 2.31. The topological polar surface area (TPSA) is 63.6 Å². The van der Waals surface area contributed by atoms with Gasteiger partial charge in [0, 0.05) is 35.0 Å². The minimum absolute atomic E-state index is 0.0204. The monoisotopic (exact) mass is 413 g/mol. The normalized spacial score (nSPS) is 11.4. The highest BCUT2D eigenvalue weighted by atomic mass is 32.1. The first-order valence-electron chi connectivity index (χ1n) is 8.59. The van der Waals surface area contributed by atoms with E-state index in [1.807, 2.05) is 35.7 Å². The average molecular weight is 413 g/mol. The van der Waals surface area contributed by atoms with Gasteiger partial charge in [-0.25, -0.2) is 15.0 Å². The lowest BCUT2D eigenvalue weighted by Gasteiger charge is -2.11. The van der Waals surface area contributed by atoms with Gasteiger partial charge in [0.05, 0.1) is 12.2 Å². The maximum atomic E-state index is 13.3. The van der Waals surface area contributed by atoms with Crippen LogP contribution in [0.15, 0.2) is 66.3 Å². The lowest BCUT2D eigenvalue weighted by atomic mass is 10.2. The van der Waals surface area contributed by atoms with Gasteiger partial charge in [-0.3, -0.25) is 4.98 Å². The molecule has 4 aromatic rings. The minimum atomic E-state index is -4.58. The number of pyridine rings is 1. The number of alkyl halides is 3. The van der Waals surface area contributed by atoms with Crippen molar-refractivity contribution < 1.29 is 13.2 Å². The van der Waals surface area contributed by atoms with Gasteiger partial charge < -0.3 is 5.32 Å². The van der Waals surface area contributed by atoms with Crippen LogP contribution in [0.2, 0.25) is 0 Å². The zero-order chi connectivity index (χ0) is 20.3. The van der Waals surface area contributed by atoms with Crippen LogP contribution in [0, 0.1) is 0 Å². The predicted molar refractivity (Wildman–Crippen MR) is 105 cm³/mol. The average Bonchev–Trinajstić information content (AvgIpc) is 3.22. The Morgan fingerprint density at radius 1 is 0.897 bits per heavy atom. The van der Waals surface area contributed by atoms with Crippen LogP contribution in [-0.4, -0.2) is 19.9 Å². The molecule has 29 heavy (non-hydrogen) atoms. The van der Waals surface area contributed by atoms with Crippen molar-refractivity contribution in [3.8, 4) is 22.0 Å². The Balaban J connectivity index is 1.58. The van der Waals surface area contributed by atoms with Crippen LogP contribution >= 0.6 is 11.3 Å². The maximum absolute atomic E-state index is 13.3. The van der Waals surface area contributed by atoms with Crippen LogP contribution in [-0.2, 0) is 12.7 Å². The number of thiazole rings is 1. The number of hydrogen-bond donors (Lipinski definition) is 1. The molecule has 0 unspecified atom stereocenters. The molecule has 3 heterocycles. The van der Waals surface area contributed by atoms with Crippen molar-refractivity contribution in [3.05, 3.63) is 77.7 Å². The fourth-order valence-electron chi connectivity index (χ4n) is 2.60. The third-order valence-electron chi connectivity index (χ3n) is 3.98. The van der Waals surface area contributed by atoms with Crippen molar-refractivity contribution in [2.45, 2.75) is 12.7 Å². The quantitative estimate of drug-likeness (QED) is 0.481. The highest BCUT2D eigenvalue weighted by Gasteiger charge is 2.33. The molecular formula is C20H14F3N5S. The van der Waals surface area contributed by atoms with E-state index in [9.17, 15) is 13.2 Å². The van der Waals surface area contributed by atoms with E-state index >= 15 is 0 Å². The van der Waals surface area contributed by atoms with Gasteiger partial charge in [0.1, 0.15) is 10.8 Å². The summed E-state index contributed by atoms with van der Waals surface area (Å²) < 4.78 is 39.8. The standard InChI is InChI=1S/C20H14F3N5S/c21-20(22,23)16-10-17(28-18(27-16)13-6-8-24-9-7-13)25-11-15-12-29-19(26-15)14-4-2-1-3-5-14/h1-10,12H,11H2,(H,25,27,28). The lowest BCUT2D eigenvalue weighted by molar-refractivity contribution is -0.141. The van der Waals surface area contributed by atoms with E-state index in [0.717, 1.165) is 16.6 Å². The Morgan fingerprint density at radius 3 is 2.38 bits per heavy atom.